The molecule has 1 aliphatic rings. The molecule has 0 radical (unpaired) electrons. The molecule has 1 aliphatic carbocycles. The van der Waals surface area contributed by atoms with Crippen LogP contribution in [0.3, 0.4) is 0 Å². The first kappa shape index (κ1) is 16.1. The summed E-state index contributed by atoms with van der Waals surface area (Å²) in [6.07, 6.45) is 4.76. The molecule has 2 N–H and O–H groups in total. The molecule has 5 heteroatoms. The average Bonchev–Trinajstić information content (AvgIpc) is 2.99. The number of fused-ring (bicyclic) bond motifs is 1. The van der Waals surface area contributed by atoms with Gasteiger partial charge < -0.3 is 10.2 Å². The van der Waals surface area contributed by atoms with Crippen LogP contribution in [-0.2, 0) is 5.75 Å². The monoisotopic (exact) mass is 330 g/mol. The van der Waals surface area contributed by atoms with Gasteiger partial charge in [0.25, 0.3) is 0 Å². The molecular formula is C18H22N2O2S. The summed E-state index contributed by atoms with van der Waals surface area (Å²) in [4.78, 5) is 16.4. The smallest absolute Gasteiger partial charge is 0.336 e. The van der Waals surface area contributed by atoms with Crippen molar-refractivity contribution in [2.75, 3.05) is 0 Å². The second-order valence-corrected chi connectivity index (χ2v) is 7.21. The van der Waals surface area contributed by atoms with Gasteiger partial charge in [0.1, 0.15) is 5.58 Å². The minimum absolute atomic E-state index is 0.317. The number of aliphatic imine (C=N–C) groups is 1. The number of thioether (sulfide) groups is 1. The van der Waals surface area contributed by atoms with Crippen LogP contribution in [0.15, 0.2) is 32.4 Å². The van der Waals surface area contributed by atoms with Crippen LogP contribution in [0.2, 0.25) is 0 Å². The van der Waals surface area contributed by atoms with Gasteiger partial charge in [0.15, 0.2) is 5.17 Å². The molecule has 1 saturated carbocycles. The number of rotatable bonds is 3. The standard InChI is InChI=1S/C18H22N2O2S/c1-11-7-15-13(9-17(21)22-16(15)8-12(11)2)10-23-18(19)20-14-5-3-4-6-14/h7-9,14H,3-6,10H2,1-2H3,(H2,19,20). The van der Waals surface area contributed by atoms with Crippen LogP contribution in [0.5, 0.6) is 0 Å². The van der Waals surface area contributed by atoms with Gasteiger partial charge in [-0.05, 0) is 55.5 Å². The lowest BCUT2D eigenvalue weighted by molar-refractivity contribution is 0.559. The predicted octanol–water partition coefficient (Wildman–Crippen LogP) is 3.90. The number of hydrogen-bond acceptors (Lipinski definition) is 4. The molecule has 0 saturated heterocycles. The third kappa shape index (κ3) is 3.78. The Morgan fingerprint density at radius 3 is 2.70 bits per heavy atom. The number of nitrogens with two attached hydrogens (primary N) is 1. The second kappa shape index (κ2) is 6.79. The maximum absolute atomic E-state index is 11.8. The van der Waals surface area contributed by atoms with Gasteiger partial charge in [-0.1, -0.05) is 24.6 Å². The molecule has 1 aromatic heterocycles. The van der Waals surface area contributed by atoms with Crippen LogP contribution in [0.25, 0.3) is 11.0 Å². The van der Waals surface area contributed by atoms with Crippen molar-refractivity contribution >= 4 is 27.9 Å². The highest BCUT2D eigenvalue weighted by Crippen LogP contribution is 2.26. The molecular weight excluding hydrogens is 308 g/mol. The maximum Gasteiger partial charge on any atom is 0.336 e. The SMILES string of the molecule is Cc1cc2oc(=O)cc(CSC(N)=NC3CCCC3)c2cc1C. The van der Waals surface area contributed by atoms with Crippen LogP contribution in [0.4, 0.5) is 0 Å². The van der Waals surface area contributed by atoms with E-state index in [1.165, 1.54) is 30.2 Å². The van der Waals surface area contributed by atoms with Crippen LogP contribution in [0, 0.1) is 13.8 Å². The van der Waals surface area contributed by atoms with Gasteiger partial charge in [0, 0.05) is 17.2 Å². The van der Waals surface area contributed by atoms with Crippen molar-refractivity contribution in [3.8, 4) is 0 Å². The van der Waals surface area contributed by atoms with Crippen molar-refractivity contribution in [2.45, 2.75) is 51.3 Å². The average molecular weight is 330 g/mol. The van der Waals surface area contributed by atoms with Gasteiger partial charge in [-0.25, -0.2) is 4.79 Å². The van der Waals surface area contributed by atoms with E-state index in [0.29, 0.717) is 22.5 Å². The lowest BCUT2D eigenvalue weighted by Gasteiger charge is -2.09. The van der Waals surface area contributed by atoms with Gasteiger partial charge in [0.05, 0.1) is 6.04 Å². The van der Waals surface area contributed by atoms with Gasteiger partial charge in [-0.15, -0.1) is 0 Å². The number of amidine groups is 1. The highest BCUT2D eigenvalue weighted by atomic mass is 32.2. The molecule has 1 aromatic carbocycles. The Hall–Kier alpha value is -1.75. The van der Waals surface area contributed by atoms with E-state index in [4.69, 9.17) is 10.2 Å². The van der Waals surface area contributed by atoms with Gasteiger partial charge >= 0.3 is 5.63 Å². The molecule has 1 fully saturated rings. The third-order valence-electron chi connectivity index (χ3n) is 4.45. The van der Waals surface area contributed by atoms with E-state index in [2.05, 4.69) is 18.0 Å². The van der Waals surface area contributed by atoms with E-state index < -0.39 is 0 Å². The molecule has 0 bridgehead atoms. The van der Waals surface area contributed by atoms with E-state index in [-0.39, 0.29) is 5.63 Å². The number of nitrogens with zero attached hydrogens (tertiary/aromatic N) is 1. The molecule has 0 aliphatic heterocycles. The Morgan fingerprint density at radius 2 is 1.96 bits per heavy atom. The number of benzene rings is 1. The molecule has 3 rings (SSSR count). The Kier molecular flexibility index (Phi) is 4.76. The normalized spacial score (nSPS) is 16.3. The minimum Gasteiger partial charge on any atom is -0.423 e. The van der Waals surface area contributed by atoms with E-state index in [1.807, 2.05) is 13.0 Å². The molecule has 1 heterocycles. The molecule has 2 aromatic rings. The highest BCUT2D eigenvalue weighted by Gasteiger charge is 2.14. The van der Waals surface area contributed by atoms with E-state index in [1.54, 1.807) is 6.07 Å². The summed E-state index contributed by atoms with van der Waals surface area (Å²) in [6.45, 7) is 4.08. The summed E-state index contributed by atoms with van der Waals surface area (Å²) in [7, 11) is 0. The highest BCUT2D eigenvalue weighted by molar-refractivity contribution is 8.13. The summed E-state index contributed by atoms with van der Waals surface area (Å²) >= 11 is 1.50. The van der Waals surface area contributed by atoms with E-state index in [0.717, 1.165) is 29.4 Å². The molecule has 0 spiro atoms. The Labute approximate surface area is 140 Å². The molecule has 4 nitrogen and oxygen atoms in total. The van der Waals surface area contributed by atoms with Gasteiger partial charge in [-0.2, -0.15) is 0 Å². The zero-order valence-electron chi connectivity index (χ0n) is 13.6. The van der Waals surface area contributed by atoms with Crippen molar-refractivity contribution in [3.63, 3.8) is 0 Å². The fourth-order valence-corrected chi connectivity index (χ4v) is 3.77. The van der Waals surface area contributed by atoms with Crippen LogP contribution in [-0.4, -0.2) is 11.2 Å². The molecule has 122 valence electrons. The Bertz CT molecular complexity index is 805. The first-order valence-electron chi connectivity index (χ1n) is 8.03. The largest absolute Gasteiger partial charge is 0.423 e. The molecule has 0 atom stereocenters. The van der Waals surface area contributed by atoms with Crippen molar-refractivity contribution in [2.24, 2.45) is 10.7 Å². The Morgan fingerprint density at radius 1 is 1.26 bits per heavy atom. The van der Waals surface area contributed by atoms with E-state index >= 15 is 0 Å². The second-order valence-electron chi connectivity index (χ2n) is 6.22. The quantitative estimate of drug-likeness (QED) is 0.526. The van der Waals surface area contributed by atoms with Crippen LogP contribution < -0.4 is 11.4 Å². The lowest BCUT2D eigenvalue weighted by Crippen LogP contribution is -2.12. The fourth-order valence-electron chi connectivity index (χ4n) is 3.00. The molecule has 23 heavy (non-hydrogen) atoms. The first-order valence-corrected chi connectivity index (χ1v) is 9.01. The number of hydrogen-bond donors (Lipinski definition) is 1. The molecule has 0 unspecified atom stereocenters. The van der Waals surface area contributed by atoms with E-state index in [9.17, 15) is 4.79 Å². The maximum atomic E-state index is 11.8. The summed E-state index contributed by atoms with van der Waals surface area (Å²) in [5, 5.41) is 1.59. The van der Waals surface area contributed by atoms with Crippen molar-refractivity contribution in [1.82, 2.24) is 0 Å². The Balaban J connectivity index is 1.84. The zero-order valence-corrected chi connectivity index (χ0v) is 14.4. The minimum atomic E-state index is -0.317. The van der Waals surface area contributed by atoms with Crippen LogP contribution >= 0.6 is 11.8 Å². The predicted molar refractivity (Wildman–Crippen MR) is 97.1 cm³/mol. The van der Waals surface area contributed by atoms with Crippen molar-refractivity contribution in [1.29, 1.82) is 0 Å². The summed E-state index contributed by atoms with van der Waals surface area (Å²) in [5.41, 5.74) is 9.63. The van der Waals surface area contributed by atoms with Crippen molar-refractivity contribution in [3.05, 3.63) is 45.3 Å². The summed E-state index contributed by atoms with van der Waals surface area (Å²) in [5.74, 6) is 0.632. The number of aryl methyl sites for hydroxylation is 2. The summed E-state index contributed by atoms with van der Waals surface area (Å²) in [6, 6.07) is 5.95. The van der Waals surface area contributed by atoms with Crippen LogP contribution in [0.1, 0.15) is 42.4 Å². The first-order chi connectivity index (χ1) is 11.0. The van der Waals surface area contributed by atoms with Gasteiger partial charge in [-0.3, -0.25) is 4.99 Å². The van der Waals surface area contributed by atoms with Crippen molar-refractivity contribution < 1.29 is 4.42 Å². The zero-order chi connectivity index (χ0) is 16.4. The third-order valence-corrected chi connectivity index (χ3v) is 5.31. The lowest BCUT2D eigenvalue weighted by atomic mass is 10.0. The fraction of sp³-hybridized carbons (Fsp3) is 0.444. The molecule has 0 amide bonds. The van der Waals surface area contributed by atoms with Gasteiger partial charge in [0.2, 0.25) is 0 Å². The topological polar surface area (TPSA) is 68.6 Å². The summed E-state index contributed by atoms with van der Waals surface area (Å²) < 4.78 is 5.33.